The van der Waals surface area contributed by atoms with Gasteiger partial charge in [0.1, 0.15) is 5.75 Å². The molecule has 0 saturated carbocycles. The second-order valence-corrected chi connectivity index (χ2v) is 6.37. The van der Waals surface area contributed by atoms with Crippen molar-refractivity contribution < 1.29 is 9.53 Å². The molecule has 1 amide bonds. The van der Waals surface area contributed by atoms with Gasteiger partial charge in [-0.1, -0.05) is 37.8 Å². The molecule has 9 heteroatoms. The maximum absolute atomic E-state index is 12.0. The Bertz CT molecular complexity index is 752. The van der Waals surface area contributed by atoms with E-state index in [0.29, 0.717) is 13.1 Å². The fourth-order valence-corrected chi connectivity index (χ4v) is 2.53. The van der Waals surface area contributed by atoms with Gasteiger partial charge in [-0.05, 0) is 30.7 Å². The summed E-state index contributed by atoms with van der Waals surface area (Å²) in [5.74, 6) is 0.473. The van der Waals surface area contributed by atoms with Gasteiger partial charge in [-0.3, -0.25) is 9.79 Å². The second-order valence-electron chi connectivity index (χ2n) is 6.37. The van der Waals surface area contributed by atoms with Crippen LogP contribution in [-0.4, -0.2) is 46.6 Å². The van der Waals surface area contributed by atoms with Crippen molar-refractivity contribution in [3.05, 3.63) is 36.2 Å². The molecule has 1 aromatic carbocycles. The summed E-state index contributed by atoms with van der Waals surface area (Å²) >= 11 is 0. The summed E-state index contributed by atoms with van der Waals surface area (Å²) < 4.78 is 7.30. The van der Waals surface area contributed by atoms with E-state index in [1.54, 1.807) is 10.9 Å². The van der Waals surface area contributed by atoms with Gasteiger partial charge in [0.05, 0.1) is 25.0 Å². The van der Waals surface area contributed by atoms with Gasteiger partial charge in [0, 0.05) is 6.54 Å². The Kier molecular flexibility index (Phi) is 8.77. The average molecular weight is 387 g/mol. The number of guanidine groups is 1. The zero-order chi connectivity index (χ0) is 20.2. The Morgan fingerprint density at radius 2 is 1.93 bits per heavy atom. The highest BCUT2D eigenvalue weighted by Gasteiger charge is 2.11. The molecule has 0 saturated heterocycles. The van der Waals surface area contributed by atoms with Crippen LogP contribution < -0.4 is 21.5 Å². The molecular formula is C19H29N7O2. The molecule has 9 nitrogen and oxygen atoms in total. The van der Waals surface area contributed by atoms with Crippen molar-refractivity contribution in [2.24, 2.45) is 16.5 Å². The van der Waals surface area contributed by atoms with Crippen molar-refractivity contribution >= 4 is 11.9 Å². The minimum atomic E-state index is -0.333. The molecule has 0 fully saturated rings. The molecule has 0 unspecified atom stereocenters. The molecule has 0 bridgehead atoms. The number of aromatic nitrogens is 3. The summed E-state index contributed by atoms with van der Waals surface area (Å²) in [7, 11) is 0. The van der Waals surface area contributed by atoms with Crippen LogP contribution in [0.4, 0.5) is 0 Å². The van der Waals surface area contributed by atoms with Gasteiger partial charge in [0.15, 0.2) is 11.7 Å². The number of rotatable bonds is 12. The van der Waals surface area contributed by atoms with E-state index in [9.17, 15) is 4.79 Å². The third-order valence-corrected chi connectivity index (χ3v) is 4.04. The fourth-order valence-electron chi connectivity index (χ4n) is 2.53. The SMILES string of the molecule is CCCCCCCOc1ccc(-n2cc(C(=O)NCCN=C(N)N)nn2)cc1. The van der Waals surface area contributed by atoms with Crippen molar-refractivity contribution in [1.29, 1.82) is 0 Å². The van der Waals surface area contributed by atoms with Crippen molar-refractivity contribution in [2.45, 2.75) is 39.0 Å². The molecule has 28 heavy (non-hydrogen) atoms. The van der Waals surface area contributed by atoms with E-state index in [0.717, 1.165) is 24.5 Å². The number of nitrogens with one attached hydrogen (secondary N) is 1. The molecule has 0 aliphatic carbocycles. The number of carbonyl (C=O) groups excluding carboxylic acids is 1. The molecule has 0 aliphatic heterocycles. The zero-order valence-corrected chi connectivity index (χ0v) is 16.3. The molecule has 1 aromatic heterocycles. The zero-order valence-electron chi connectivity index (χ0n) is 16.3. The summed E-state index contributed by atoms with van der Waals surface area (Å²) in [5, 5.41) is 10.6. The number of hydrogen-bond donors (Lipinski definition) is 3. The van der Waals surface area contributed by atoms with Crippen LogP contribution in [0, 0.1) is 0 Å². The number of nitrogens with two attached hydrogens (primary N) is 2. The van der Waals surface area contributed by atoms with Gasteiger partial charge in [0.25, 0.3) is 5.91 Å². The molecule has 0 spiro atoms. The lowest BCUT2D eigenvalue weighted by Crippen LogP contribution is -2.28. The number of carbonyl (C=O) groups is 1. The van der Waals surface area contributed by atoms with E-state index in [2.05, 4.69) is 27.5 Å². The first-order valence-corrected chi connectivity index (χ1v) is 9.59. The van der Waals surface area contributed by atoms with Crippen LogP contribution in [0.3, 0.4) is 0 Å². The first kappa shape index (κ1) is 21.2. The van der Waals surface area contributed by atoms with Gasteiger partial charge in [-0.2, -0.15) is 0 Å². The van der Waals surface area contributed by atoms with Gasteiger partial charge < -0.3 is 21.5 Å². The molecule has 2 rings (SSSR count). The topological polar surface area (TPSA) is 133 Å². The molecular weight excluding hydrogens is 358 g/mol. The monoisotopic (exact) mass is 387 g/mol. The highest BCUT2D eigenvalue weighted by molar-refractivity contribution is 5.91. The first-order valence-electron chi connectivity index (χ1n) is 9.59. The lowest BCUT2D eigenvalue weighted by atomic mass is 10.2. The normalized spacial score (nSPS) is 10.5. The fraction of sp³-hybridized carbons (Fsp3) is 0.474. The third kappa shape index (κ3) is 7.26. The predicted molar refractivity (Wildman–Crippen MR) is 109 cm³/mol. The number of amides is 1. The Balaban J connectivity index is 1.80. The third-order valence-electron chi connectivity index (χ3n) is 4.04. The van der Waals surface area contributed by atoms with Crippen molar-refractivity contribution in [3.63, 3.8) is 0 Å². The second kappa shape index (κ2) is 11.6. The number of nitrogens with zero attached hydrogens (tertiary/aromatic N) is 4. The van der Waals surface area contributed by atoms with E-state index < -0.39 is 0 Å². The maximum atomic E-state index is 12.0. The Hall–Kier alpha value is -3.10. The smallest absolute Gasteiger partial charge is 0.273 e. The summed E-state index contributed by atoms with van der Waals surface area (Å²) in [6.45, 7) is 3.55. The van der Waals surface area contributed by atoms with E-state index in [-0.39, 0.29) is 17.6 Å². The number of hydrogen-bond acceptors (Lipinski definition) is 5. The van der Waals surface area contributed by atoms with Crippen LogP contribution in [0.25, 0.3) is 5.69 Å². The minimum Gasteiger partial charge on any atom is -0.494 e. The van der Waals surface area contributed by atoms with Gasteiger partial charge in [0.2, 0.25) is 0 Å². The van der Waals surface area contributed by atoms with Crippen LogP contribution in [0.15, 0.2) is 35.5 Å². The number of ether oxygens (including phenoxy) is 1. The van der Waals surface area contributed by atoms with Crippen molar-refractivity contribution in [3.8, 4) is 11.4 Å². The van der Waals surface area contributed by atoms with Gasteiger partial charge >= 0.3 is 0 Å². The van der Waals surface area contributed by atoms with Crippen molar-refractivity contribution in [2.75, 3.05) is 19.7 Å². The van der Waals surface area contributed by atoms with Crippen LogP contribution in [0.2, 0.25) is 0 Å². The quantitative estimate of drug-likeness (QED) is 0.288. The van der Waals surface area contributed by atoms with Crippen molar-refractivity contribution in [1.82, 2.24) is 20.3 Å². The summed E-state index contributed by atoms with van der Waals surface area (Å²) in [6, 6.07) is 7.53. The molecule has 0 atom stereocenters. The van der Waals surface area contributed by atoms with Crippen LogP contribution in [-0.2, 0) is 0 Å². The molecule has 0 aliphatic rings. The van der Waals surface area contributed by atoms with Crippen LogP contribution >= 0.6 is 0 Å². The lowest BCUT2D eigenvalue weighted by Gasteiger charge is -2.07. The molecule has 1 heterocycles. The lowest BCUT2D eigenvalue weighted by molar-refractivity contribution is 0.0949. The highest BCUT2D eigenvalue weighted by atomic mass is 16.5. The predicted octanol–water partition coefficient (Wildman–Crippen LogP) is 1.62. The number of aliphatic imine (C=N–C) groups is 1. The summed E-state index contributed by atoms with van der Waals surface area (Å²) in [5.41, 5.74) is 11.5. The molecule has 5 N–H and O–H groups in total. The largest absolute Gasteiger partial charge is 0.494 e. The Morgan fingerprint density at radius 1 is 1.18 bits per heavy atom. The van der Waals surface area contributed by atoms with Crippen LogP contribution in [0.5, 0.6) is 5.75 Å². The number of benzene rings is 1. The first-order chi connectivity index (χ1) is 13.6. The van der Waals surface area contributed by atoms with Gasteiger partial charge in [-0.15, -0.1) is 5.10 Å². The average Bonchev–Trinajstić information content (AvgIpc) is 3.18. The standard InChI is InChI=1S/C19H29N7O2/c1-2-3-4-5-6-13-28-16-9-7-15(8-10-16)26-14-17(24-25-26)18(27)22-11-12-23-19(20)21/h7-10,14H,2-6,11-13H2,1H3,(H,22,27)(H4,20,21,23). The van der Waals surface area contributed by atoms with Crippen LogP contribution in [0.1, 0.15) is 49.5 Å². The molecule has 0 radical (unpaired) electrons. The van der Waals surface area contributed by atoms with E-state index in [1.165, 1.54) is 25.7 Å². The van der Waals surface area contributed by atoms with Gasteiger partial charge in [-0.25, -0.2) is 4.68 Å². The van der Waals surface area contributed by atoms with E-state index in [4.69, 9.17) is 16.2 Å². The van der Waals surface area contributed by atoms with E-state index >= 15 is 0 Å². The maximum Gasteiger partial charge on any atom is 0.273 e. The Labute approximate surface area is 165 Å². The van der Waals surface area contributed by atoms with E-state index in [1.807, 2.05) is 24.3 Å². The molecule has 152 valence electrons. The minimum absolute atomic E-state index is 0.0101. The summed E-state index contributed by atoms with van der Waals surface area (Å²) in [6.07, 6.45) is 7.61. The highest BCUT2D eigenvalue weighted by Crippen LogP contribution is 2.15. The number of unbranched alkanes of at least 4 members (excludes halogenated alkanes) is 4. The summed E-state index contributed by atoms with van der Waals surface area (Å²) in [4.78, 5) is 15.8. The Morgan fingerprint density at radius 3 is 2.64 bits per heavy atom. The molecule has 2 aromatic rings.